The fourth-order valence-corrected chi connectivity index (χ4v) is 2.64. The van der Waals surface area contributed by atoms with Crippen molar-refractivity contribution in [1.82, 2.24) is 10.6 Å². The van der Waals surface area contributed by atoms with Crippen molar-refractivity contribution in [2.75, 3.05) is 13.1 Å². The molecule has 0 radical (unpaired) electrons. The largest absolute Gasteiger partial charge is 0.440 e. The fraction of sp³-hybridized carbons (Fsp3) is 0.267. The summed E-state index contributed by atoms with van der Waals surface area (Å²) in [5.41, 5.74) is 2.59. The number of fused-ring (bicyclic) bond motifs is 1. The molecule has 0 saturated heterocycles. The van der Waals surface area contributed by atoms with Crippen molar-refractivity contribution in [3.05, 3.63) is 58.5 Å². The maximum Gasteiger partial charge on any atom is 0.287 e. The van der Waals surface area contributed by atoms with Crippen molar-refractivity contribution >= 4 is 29.9 Å². The zero-order valence-corrected chi connectivity index (χ0v) is 12.8. The minimum Gasteiger partial charge on any atom is -0.440 e. The van der Waals surface area contributed by atoms with Crippen LogP contribution in [0.3, 0.4) is 0 Å². The maximum absolute atomic E-state index is 11.9. The number of amides is 1. The Hall–Kier alpha value is -1.49. The average Bonchev–Trinajstić information content (AvgIpc) is 2.91. The van der Waals surface area contributed by atoms with Gasteiger partial charge in [-0.15, -0.1) is 12.4 Å². The lowest BCUT2D eigenvalue weighted by Gasteiger charge is -2.26. The highest BCUT2D eigenvalue weighted by Gasteiger charge is 2.20. The van der Waals surface area contributed by atoms with Gasteiger partial charge in [0.25, 0.3) is 5.91 Å². The Morgan fingerprint density at radius 3 is 2.90 bits per heavy atom. The van der Waals surface area contributed by atoms with Gasteiger partial charge in [-0.05, 0) is 47.8 Å². The molecule has 4 nitrogen and oxygen atoms in total. The zero-order chi connectivity index (χ0) is 13.9. The molecule has 1 atom stereocenters. The van der Waals surface area contributed by atoms with Crippen molar-refractivity contribution in [2.24, 2.45) is 0 Å². The molecule has 3 rings (SSSR count). The second kappa shape index (κ2) is 6.98. The van der Waals surface area contributed by atoms with Crippen molar-refractivity contribution in [3.8, 4) is 0 Å². The van der Waals surface area contributed by atoms with E-state index in [-0.39, 0.29) is 35.3 Å². The summed E-state index contributed by atoms with van der Waals surface area (Å²) < 4.78 is 5.09. The summed E-state index contributed by atoms with van der Waals surface area (Å²) in [4.78, 5) is 11.9. The van der Waals surface area contributed by atoms with Gasteiger partial charge in [0, 0.05) is 12.6 Å². The zero-order valence-electron chi connectivity index (χ0n) is 11.3. The third-order valence-corrected chi connectivity index (χ3v) is 3.68. The number of furan rings is 1. The fourth-order valence-electron chi connectivity index (χ4n) is 2.49. The van der Waals surface area contributed by atoms with Gasteiger partial charge in [0.2, 0.25) is 0 Å². The topological polar surface area (TPSA) is 54.3 Å². The van der Waals surface area contributed by atoms with Crippen LogP contribution in [0.15, 0.2) is 40.8 Å². The molecule has 1 aromatic heterocycles. The Morgan fingerprint density at radius 1 is 1.33 bits per heavy atom. The summed E-state index contributed by atoms with van der Waals surface area (Å²) in [6, 6.07) is 11.6. The second-order valence-electron chi connectivity index (χ2n) is 4.77. The van der Waals surface area contributed by atoms with E-state index in [1.807, 2.05) is 12.1 Å². The van der Waals surface area contributed by atoms with E-state index in [0.29, 0.717) is 6.54 Å². The van der Waals surface area contributed by atoms with Crippen LogP contribution in [0.25, 0.3) is 0 Å². The first-order valence-electron chi connectivity index (χ1n) is 6.59. The van der Waals surface area contributed by atoms with Crippen LogP contribution in [0.2, 0.25) is 5.22 Å². The lowest BCUT2D eigenvalue weighted by Crippen LogP contribution is -2.38. The Kier molecular flexibility index (Phi) is 5.28. The molecule has 1 aliphatic heterocycles. The smallest absolute Gasteiger partial charge is 0.287 e. The number of benzene rings is 1. The Labute approximate surface area is 134 Å². The summed E-state index contributed by atoms with van der Waals surface area (Å²) >= 11 is 5.66. The molecule has 2 aromatic rings. The van der Waals surface area contributed by atoms with Gasteiger partial charge >= 0.3 is 0 Å². The van der Waals surface area contributed by atoms with E-state index in [2.05, 4.69) is 22.8 Å². The summed E-state index contributed by atoms with van der Waals surface area (Å²) in [6.45, 7) is 1.44. The van der Waals surface area contributed by atoms with Crippen LogP contribution >= 0.6 is 24.0 Å². The van der Waals surface area contributed by atoms with Crippen molar-refractivity contribution in [1.29, 1.82) is 0 Å². The quantitative estimate of drug-likeness (QED) is 0.911. The van der Waals surface area contributed by atoms with Gasteiger partial charge in [0.1, 0.15) is 0 Å². The van der Waals surface area contributed by atoms with Crippen LogP contribution in [-0.2, 0) is 6.42 Å². The lowest BCUT2D eigenvalue weighted by atomic mass is 9.94. The predicted octanol–water partition coefficient (Wildman–Crippen LogP) is 2.97. The molecule has 0 saturated carbocycles. The van der Waals surface area contributed by atoms with Gasteiger partial charge in [0.05, 0.1) is 0 Å². The van der Waals surface area contributed by atoms with Crippen LogP contribution in [0.4, 0.5) is 0 Å². The highest BCUT2D eigenvalue weighted by atomic mass is 35.5. The van der Waals surface area contributed by atoms with Crippen LogP contribution in [0.5, 0.6) is 0 Å². The summed E-state index contributed by atoms with van der Waals surface area (Å²) in [5.74, 6) is -0.0131. The molecule has 112 valence electrons. The second-order valence-corrected chi connectivity index (χ2v) is 5.14. The normalized spacial score (nSPS) is 16.7. The first-order valence-corrected chi connectivity index (χ1v) is 6.96. The minimum atomic E-state index is -0.248. The van der Waals surface area contributed by atoms with Crippen molar-refractivity contribution in [3.63, 3.8) is 0 Å². The molecular formula is C15H16Cl2N2O2. The van der Waals surface area contributed by atoms with Gasteiger partial charge < -0.3 is 15.1 Å². The van der Waals surface area contributed by atoms with Crippen molar-refractivity contribution < 1.29 is 9.21 Å². The van der Waals surface area contributed by atoms with Crippen LogP contribution in [0, 0.1) is 0 Å². The Morgan fingerprint density at radius 2 is 2.14 bits per heavy atom. The molecular weight excluding hydrogens is 311 g/mol. The molecule has 1 aromatic carbocycles. The molecule has 0 bridgehead atoms. The van der Waals surface area contributed by atoms with E-state index in [9.17, 15) is 4.79 Å². The monoisotopic (exact) mass is 326 g/mol. The van der Waals surface area contributed by atoms with Crippen molar-refractivity contribution in [2.45, 2.75) is 12.5 Å². The number of rotatable bonds is 3. The standard InChI is InChI=1S/C15H15ClN2O2.ClH/c16-14-6-5-13(20-14)15(19)18-9-12-11-4-2-1-3-10(11)7-8-17-12;/h1-6,12,17H,7-9H2,(H,18,19);1H. The van der Waals surface area contributed by atoms with E-state index < -0.39 is 0 Å². The maximum atomic E-state index is 11.9. The third kappa shape index (κ3) is 3.59. The number of hydrogen-bond acceptors (Lipinski definition) is 3. The summed E-state index contributed by atoms with van der Waals surface area (Å²) in [6.07, 6.45) is 1.02. The summed E-state index contributed by atoms with van der Waals surface area (Å²) in [7, 11) is 0. The lowest BCUT2D eigenvalue weighted by molar-refractivity contribution is 0.0921. The molecule has 6 heteroatoms. The first-order chi connectivity index (χ1) is 9.74. The van der Waals surface area contributed by atoms with Gasteiger partial charge in [-0.1, -0.05) is 24.3 Å². The predicted molar refractivity (Wildman–Crippen MR) is 84.2 cm³/mol. The number of halogens is 2. The molecule has 1 amide bonds. The van der Waals surface area contributed by atoms with Gasteiger partial charge in [-0.2, -0.15) is 0 Å². The number of carbonyl (C=O) groups is 1. The molecule has 0 aliphatic carbocycles. The Bertz CT molecular complexity index is 628. The van der Waals surface area contributed by atoms with E-state index in [4.69, 9.17) is 16.0 Å². The van der Waals surface area contributed by atoms with E-state index in [1.54, 1.807) is 12.1 Å². The van der Waals surface area contributed by atoms with Gasteiger partial charge in [0.15, 0.2) is 11.0 Å². The molecule has 0 spiro atoms. The average molecular weight is 327 g/mol. The van der Waals surface area contributed by atoms with E-state index in [1.165, 1.54) is 11.1 Å². The SMILES string of the molecule is Cl.O=C(NCC1NCCc2ccccc21)c1ccc(Cl)o1. The molecule has 1 unspecified atom stereocenters. The minimum absolute atomic E-state index is 0. The highest BCUT2D eigenvalue weighted by Crippen LogP contribution is 2.22. The van der Waals surface area contributed by atoms with E-state index in [0.717, 1.165) is 13.0 Å². The number of nitrogens with one attached hydrogen (secondary N) is 2. The Balaban J connectivity index is 0.00000161. The molecule has 0 fully saturated rings. The molecule has 21 heavy (non-hydrogen) atoms. The molecule has 2 heterocycles. The van der Waals surface area contributed by atoms with Crippen LogP contribution in [-0.4, -0.2) is 19.0 Å². The molecule has 2 N–H and O–H groups in total. The number of carbonyl (C=O) groups excluding carboxylic acids is 1. The van der Waals surface area contributed by atoms with Gasteiger partial charge in [-0.25, -0.2) is 0 Å². The first kappa shape index (κ1) is 15.9. The van der Waals surface area contributed by atoms with Gasteiger partial charge in [-0.3, -0.25) is 4.79 Å². The van der Waals surface area contributed by atoms with E-state index >= 15 is 0 Å². The number of hydrogen-bond donors (Lipinski definition) is 2. The van der Waals surface area contributed by atoms with Crippen LogP contribution < -0.4 is 10.6 Å². The third-order valence-electron chi connectivity index (χ3n) is 3.48. The highest BCUT2D eigenvalue weighted by molar-refractivity contribution is 6.29. The summed E-state index contributed by atoms with van der Waals surface area (Å²) in [5, 5.41) is 6.50. The molecule has 1 aliphatic rings. The van der Waals surface area contributed by atoms with Crippen LogP contribution in [0.1, 0.15) is 27.7 Å².